The van der Waals surface area contributed by atoms with Crippen LogP contribution < -0.4 is 0 Å². The predicted molar refractivity (Wildman–Crippen MR) is 100 cm³/mol. The van der Waals surface area contributed by atoms with E-state index in [0.29, 0.717) is 0 Å². The molecule has 0 aliphatic carbocycles. The highest BCUT2D eigenvalue weighted by Crippen LogP contribution is 2.27. The van der Waals surface area contributed by atoms with E-state index in [1.165, 1.54) is 23.3 Å². The lowest BCUT2D eigenvalue weighted by atomic mass is 10.1. The van der Waals surface area contributed by atoms with E-state index in [-0.39, 0.29) is 15.6 Å². The van der Waals surface area contributed by atoms with Gasteiger partial charge in [0, 0.05) is 0 Å². The molecule has 3 rings (SSSR count). The van der Waals surface area contributed by atoms with Crippen molar-refractivity contribution in [1.82, 2.24) is 0 Å². The minimum absolute atomic E-state index is 0.109. The van der Waals surface area contributed by atoms with Crippen molar-refractivity contribution in [2.45, 2.75) is 0 Å². The van der Waals surface area contributed by atoms with Crippen molar-refractivity contribution in [2.24, 2.45) is 0 Å². The van der Waals surface area contributed by atoms with Gasteiger partial charge in [0.2, 0.25) is 8.46 Å². The van der Waals surface area contributed by atoms with Crippen LogP contribution in [0.2, 0.25) is 10.0 Å². The molecule has 24 heavy (non-hydrogen) atoms. The topological polar surface area (TPSA) is 34.1 Å². The summed E-state index contributed by atoms with van der Waals surface area (Å²) in [5, 5.41) is 0.437. The maximum absolute atomic E-state index is 11.0. The Morgan fingerprint density at radius 1 is 0.667 bits per heavy atom. The molecule has 0 atom stereocenters. The number of hydrogen-bond donors (Lipinski definition) is 0. The van der Waals surface area contributed by atoms with Gasteiger partial charge in [-0.2, -0.15) is 0 Å². The fourth-order valence-corrected chi connectivity index (χ4v) is 3.04. The van der Waals surface area contributed by atoms with Gasteiger partial charge >= 0.3 is 0 Å². The van der Waals surface area contributed by atoms with Crippen molar-refractivity contribution in [2.75, 3.05) is 0 Å². The van der Waals surface area contributed by atoms with Gasteiger partial charge in [-0.1, -0.05) is 89.9 Å². The third kappa shape index (κ3) is 5.01. The lowest BCUT2D eigenvalue weighted by molar-refractivity contribution is 0.108. The molecule has 0 amide bonds. The summed E-state index contributed by atoms with van der Waals surface area (Å²) in [6, 6.07) is 25.4. The first kappa shape index (κ1) is 18.4. The molecule has 0 aliphatic heterocycles. The Balaban J connectivity index is 0.000000174. The Kier molecular flexibility index (Phi) is 7.14. The van der Waals surface area contributed by atoms with E-state index in [1.807, 2.05) is 12.1 Å². The monoisotopic (exact) mass is 374 g/mol. The van der Waals surface area contributed by atoms with Crippen LogP contribution in [-0.4, -0.2) is 5.52 Å². The molecule has 0 spiro atoms. The van der Waals surface area contributed by atoms with E-state index in [0.717, 1.165) is 0 Å². The molecule has 0 aromatic heterocycles. The molecular weight excluding hydrogens is 362 g/mol. The minimum atomic E-state index is -0.606. The number of rotatable bonds is 3. The number of hydrogen-bond acceptors (Lipinski definition) is 2. The first-order valence-electron chi connectivity index (χ1n) is 7.05. The van der Waals surface area contributed by atoms with Crippen LogP contribution in [0.4, 0.5) is 0 Å². The molecule has 0 bridgehead atoms. The van der Waals surface area contributed by atoms with Crippen molar-refractivity contribution in [1.29, 1.82) is 0 Å². The Morgan fingerprint density at radius 3 is 1.46 bits per heavy atom. The Morgan fingerprint density at radius 2 is 1.08 bits per heavy atom. The normalized spacial score (nSPS) is 9.92. The number of halogens is 2. The highest BCUT2D eigenvalue weighted by Gasteiger charge is 2.13. The predicted octanol–water partition coefficient (Wildman–Crippen LogP) is 6.78. The first-order chi connectivity index (χ1) is 11.6. The van der Waals surface area contributed by atoms with E-state index in [4.69, 9.17) is 23.2 Å². The van der Waals surface area contributed by atoms with Crippen LogP contribution in [0.25, 0.3) is 11.1 Å². The van der Waals surface area contributed by atoms with Crippen molar-refractivity contribution in [3.63, 3.8) is 0 Å². The molecule has 3 aromatic carbocycles. The standard InChI is InChI=1S/C12H10.C7H3Cl2O2P/c1-3-7-11(8-4-1)12-9-5-2-6-10-12;8-4-2-1-3-5(9)6(4)7(10)12-11/h1-10H;1-3H. The SMILES string of the molecule is O=PC(=O)c1c(Cl)cccc1Cl.c1ccc(-c2ccccc2)cc1. The molecule has 0 saturated carbocycles. The summed E-state index contributed by atoms with van der Waals surface area (Å²) in [5.74, 6) is 0. The molecule has 0 unspecified atom stereocenters. The van der Waals surface area contributed by atoms with Crippen LogP contribution in [0.1, 0.15) is 10.4 Å². The Bertz CT molecular complexity index is 764. The maximum atomic E-state index is 11.0. The molecule has 0 fully saturated rings. The second-order valence-electron chi connectivity index (χ2n) is 4.73. The Hall–Kier alpha value is -1.99. The zero-order chi connectivity index (χ0) is 17.4. The molecule has 0 N–H and O–H groups in total. The molecule has 0 aliphatic rings. The van der Waals surface area contributed by atoms with Crippen LogP contribution >= 0.6 is 31.7 Å². The van der Waals surface area contributed by atoms with E-state index >= 15 is 0 Å². The van der Waals surface area contributed by atoms with Crippen LogP contribution in [-0.2, 0) is 4.57 Å². The molecule has 0 radical (unpaired) electrons. The van der Waals surface area contributed by atoms with Gasteiger partial charge in [0.1, 0.15) is 0 Å². The van der Waals surface area contributed by atoms with Gasteiger partial charge in [0.15, 0.2) is 0 Å². The minimum Gasteiger partial charge on any atom is -0.280 e. The van der Waals surface area contributed by atoms with Crippen LogP contribution in [0, 0.1) is 0 Å². The third-order valence-electron chi connectivity index (χ3n) is 3.14. The van der Waals surface area contributed by atoms with Crippen LogP contribution in [0.15, 0.2) is 78.9 Å². The third-order valence-corrected chi connectivity index (χ3v) is 4.16. The summed E-state index contributed by atoms with van der Waals surface area (Å²) in [4.78, 5) is 11.0. The van der Waals surface area contributed by atoms with E-state index in [9.17, 15) is 9.36 Å². The quantitative estimate of drug-likeness (QED) is 0.473. The average Bonchev–Trinajstić information content (AvgIpc) is 2.63. The van der Waals surface area contributed by atoms with Gasteiger partial charge in [-0.25, -0.2) is 0 Å². The van der Waals surface area contributed by atoms with Gasteiger partial charge in [0.25, 0.3) is 5.52 Å². The fourth-order valence-electron chi connectivity index (χ4n) is 2.01. The van der Waals surface area contributed by atoms with E-state index in [2.05, 4.69) is 48.5 Å². The molecular formula is C19H13Cl2O2P. The molecule has 120 valence electrons. The number of carbonyl (C=O) groups is 1. The lowest BCUT2D eigenvalue weighted by Crippen LogP contribution is -1.91. The van der Waals surface area contributed by atoms with Crippen LogP contribution in [0.3, 0.4) is 0 Å². The van der Waals surface area contributed by atoms with Crippen LogP contribution in [0.5, 0.6) is 0 Å². The van der Waals surface area contributed by atoms with Crippen molar-refractivity contribution < 1.29 is 9.36 Å². The smallest absolute Gasteiger partial charge is 0.256 e. The number of carbonyl (C=O) groups excluding carboxylic acids is 1. The van der Waals surface area contributed by atoms with Gasteiger partial charge in [-0.3, -0.25) is 9.36 Å². The second-order valence-corrected chi connectivity index (χ2v) is 6.13. The molecule has 2 nitrogen and oxygen atoms in total. The van der Waals surface area contributed by atoms with Gasteiger partial charge in [0.05, 0.1) is 15.6 Å². The van der Waals surface area contributed by atoms with Crippen molar-refractivity contribution in [3.8, 4) is 11.1 Å². The van der Waals surface area contributed by atoms with Gasteiger partial charge < -0.3 is 0 Å². The molecule has 0 saturated heterocycles. The summed E-state index contributed by atoms with van der Waals surface area (Å²) < 4.78 is 10.2. The van der Waals surface area contributed by atoms with E-state index in [1.54, 1.807) is 6.07 Å². The molecule has 5 heteroatoms. The Labute approximate surface area is 152 Å². The van der Waals surface area contributed by atoms with Crippen molar-refractivity contribution >= 4 is 37.2 Å². The fraction of sp³-hybridized carbons (Fsp3) is 0. The lowest BCUT2D eigenvalue weighted by Gasteiger charge is -1.99. The molecule has 3 aromatic rings. The summed E-state index contributed by atoms with van der Waals surface area (Å²) >= 11 is 11.3. The number of benzene rings is 3. The summed E-state index contributed by atoms with van der Waals surface area (Å²) in [6.45, 7) is 0. The highest BCUT2D eigenvalue weighted by atomic mass is 35.5. The first-order valence-corrected chi connectivity index (χ1v) is 8.62. The van der Waals surface area contributed by atoms with Gasteiger partial charge in [-0.05, 0) is 23.3 Å². The zero-order valence-electron chi connectivity index (χ0n) is 12.5. The molecule has 0 heterocycles. The summed E-state index contributed by atoms with van der Waals surface area (Å²) in [6.07, 6.45) is 0. The average molecular weight is 375 g/mol. The second kappa shape index (κ2) is 9.34. The highest BCUT2D eigenvalue weighted by molar-refractivity contribution is 7.47. The summed E-state index contributed by atoms with van der Waals surface area (Å²) in [5.41, 5.74) is 2.05. The van der Waals surface area contributed by atoms with Gasteiger partial charge in [-0.15, -0.1) is 0 Å². The zero-order valence-corrected chi connectivity index (χ0v) is 14.9. The van der Waals surface area contributed by atoms with E-state index < -0.39 is 14.0 Å². The van der Waals surface area contributed by atoms with Crippen molar-refractivity contribution in [3.05, 3.63) is 94.5 Å². The maximum Gasteiger partial charge on any atom is 0.256 e. The largest absolute Gasteiger partial charge is 0.280 e. The summed E-state index contributed by atoms with van der Waals surface area (Å²) in [7, 11) is -0.604.